The van der Waals surface area contributed by atoms with Gasteiger partial charge in [0, 0.05) is 23.3 Å². The molecule has 4 rings (SSSR count). The predicted molar refractivity (Wildman–Crippen MR) is 99.3 cm³/mol. The molecular weight excluding hydrogens is 376 g/mol. The van der Waals surface area contributed by atoms with Crippen LogP contribution in [0.5, 0.6) is 0 Å². The minimum atomic E-state index is -3.35. The molecule has 0 spiro atoms. The molecule has 1 aliphatic rings. The normalized spacial score (nSPS) is 17.4. The number of H-pyrrole nitrogens is 1. The van der Waals surface area contributed by atoms with Crippen molar-refractivity contribution in [1.29, 1.82) is 0 Å². The van der Waals surface area contributed by atoms with Crippen LogP contribution in [0.2, 0.25) is 5.15 Å². The van der Waals surface area contributed by atoms with Gasteiger partial charge in [0.15, 0.2) is 0 Å². The van der Waals surface area contributed by atoms with Crippen molar-refractivity contribution in [2.75, 3.05) is 12.4 Å². The van der Waals surface area contributed by atoms with Gasteiger partial charge >= 0.3 is 0 Å². The third-order valence-corrected chi connectivity index (χ3v) is 6.21. The summed E-state index contributed by atoms with van der Waals surface area (Å²) in [5.41, 5.74) is 4.34. The van der Waals surface area contributed by atoms with Crippen LogP contribution in [0.15, 0.2) is 30.6 Å². The van der Waals surface area contributed by atoms with E-state index in [1.807, 2.05) is 18.2 Å². The van der Waals surface area contributed by atoms with Crippen molar-refractivity contribution in [2.24, 2.45) is 0 Å². The average molecular weight is 393 g/mol. The summed E-state index contributed by atoms with van der Waals surface area (Å²) in [6.45, 7) is 2.29. The first-order valence-corrected chi connectivity index (χ1v) is 10.2. The Morgan fingerprint density at radius 1 is 1.38 bits per heavy atom. The molecule has 0 bridgehead atoms. The number of ether oxygens (including phenoxy) is 1. The summed E-state index contributed by atoms with van der Waals surface area (Å²) in [6.07, 6.45) is 3.46. The summed E-state index contributed by atoms with van der Waals surface area (Å²) in [7, 11) is -3.35. The van der Waals surface area contributed by atoms with E-state index in [1.165, 1.54) is 0 Å². The third kappa shape index (κ3) is 3.09. The van der Waals surface area contributed by atoms with Gasteiger partial charge in [-0.1, -0.05) is 17.7 Å². The lowest BCUT2D eigenvalue weighted by molar-refractivity contribution is 0.0884. The second-order valence-corrected chi connectivity index (χ2v) is 8.53. The van der Waals surface area contributed by atoms with E-state index in [2.05, 4.69) is 19.9 Å². The molecule has 3 aromatic rings. The van der Waals surface area contributed by atoms with Crippen LogP contribution in [0.25, 0.3) is 22.0 Å². The van der Waals surface area contributed by atoms with Crippen molar-refractivity contribution < 1.29 is 13.2 Å². The summed E-state index contributed by atoms with van der Waals surface area (Å²) in [6, 6.07) is 5.33. The fourth-order valence-electron chi connectivity index (χ4n) is 3.13. The lowest BCUT2D eigenvalue weighted by atomic mass is 9.94. The molecule has 9 heteroatoms. The number of hydrogen-bond acceptors (Lipinski definition) is 5. The maximum absolute atomic E-state index is 12.0. The highest BCUT2D eigenvalue weighted by atomic mass is 35.5. The van der Waals surface area contributed by atoms with Crippen LogP contribution >= 0.6 is 11.6 Å². The molecule has 0 saturated heterocycles. The fraction of sp³-hybridized carbons (Fsp3) is 0.294. The van der Waals surface area contributed by atoms with Crippen LogP contribution in [0, 0.1) is 0 Å². The second kappa shape index (κ2) is 6.62. The van der Waals surface area contributed by atoms with E-state index >= 15 is 0 Å². The molecule has 7 nitrogen and oxygen atoms in total. The van der Waals surface area contributed by atoms with Crippen LogP contribution in [0.1, 0.15) is 24.1 Å². The number of pyridine rings is 1. The molecule has 0 fully saturated rings. The molecule has 0 aliphatic carbocycles. The first-order valence-electron chi connectivity index (χ1n) is 8.17. The van der Waals surface area contributed by atoms with Gasteiger partial charge in [-0.15, -0.1) is 0 Å². The molecule has 0 radical (unpaired) electrons. The van der Waals surface area contributed by atoms with Crippen molar-refractivity contribution >= 4 is 32.5 Å². The highest BCUT2D eigenvalue weighted by molar-refractivity contribution is 7.89. The quantitative estimate of drug-likeness (QED) is 0.711. The Balaban J connectivity index is 1.78. The minimum Gasteiger partial charge on any atom is -0.375 e. The number of rotatable bonds is 4. The number of fused-ring (bicyclic) bond motifs is 2. The maximum Gasteiger partial charge on any atom is 0.211 e. The number of aromatic nitrogens is 3. The molecule has 3 heterocycles. The molecule has 136 valence electrons. The van der Waals surface area contributed by atoms with Crippen LogP contribution < -0.4 is 4.72 Å². The fourth-order valence-corrected chi connectivity index (χ4v) is 4.12. The lowest BCUT2D eigenvalue weighted by Crippen LogP contribution is -2.35. The molecule has 1 atom stereocenters. The Morgan fingerprint density at radius 3 is 3.04 bits per heavy atom. The van der Waals surface area contributed by atoms with E-state index in [0.717, 1.165) is 33.2 Å². The molecule has 2 aromatic heterocycles. The largest absolute Gasteiger partial charge is 0.375 e. The van der Waals surface area contributed by atoms with E-state index in [9.17, 15) is 8.42 Å². The van der Waals surface area contributed by atoms with Crippen molar-refractivity contribution in [1.82, 2.24) is 19.9 Å². The number of nitrogens with zero attached hydrogens (tertiary/aromatic N) is 2. The van der Waals surface area contributed by atoms with Gasteiger partial charge in [0.2, 0.25) is 10.0 Å². The number of hydrogen-bond donors (Lipinski definition) is 2. The van der Waals surface area contributed by atoms with Crippen LogP contribution in [-0.2, 0) is 21.4 Å². The van der Waals surface area contributed by atoms with Gasteiger partial charge in [-0.2, -0.15) is 5.10 Å². The van der Waals surface area contributed by atoms with Gasteiger partial charge < -0.3 is 4.74 Å². The topological polar surface area (TPSA) is 97.0 Å². The highest BCUT2D eigenvalue weighted by Crippen LogP contribution is 2.34. The van der Waals surface area contributed by atoms with Gasteiger partial charge in [-0.3, -0.25) is 10.1 Å². The lowest BCUT2D eigenvalue weighted by Gasteiger charge is -2.27. The molecular formula is C17H17ClN4O3S. The van der Waals surface area contributed by atoms with Crippen LogP contribution in [0.4, 0.5) is 0 Å². The Kier molecular flexibility index (Phi) is 4.44. The minimum absolute atomic E-state index is 0.0164. The zero-order valence-corrected chi connectivity index (χ0v) is 15.6. The number of nitrogens with one attached hydrogen (secondary N) is 2. The van der Waals surface area contributed by atoms with E-state index in [4.69, 9.17) is 16.3 Å². The molecule has 0 amide bonds. The monoisotopic (exact) mass is 392 g/mol. The first kappa shape index (κ1) is 17.4. The van der Waals surface area contributed by atoms with Crippen LogP contribution in [-0.4, -0.2) is 36.0 Å². The first-order chi connectivity index (χ1) is 12.5. The Labute approximate surface area is 155 Å². The van der Waals surface area contributed by atoms with Gasteiger partial charge in [0.05, 0.1) is 30.5 Å². The molecule has 1 aromatic carbocycles. The summed E-state index contributed by atoms with van der Waals surface area (Å²) in [5.74, 6) is 0.0164. The summed E-state index contributed by atoms with van der Waals surface area (Å²) >= 11 is 6.07. The van der Waals surface area contributed by atoms with E-state index in [1.54, 1.807) is 19.3 Å². The Bertz CT molecular complexity index is 1080. The summed E-state index contributed by atoms with van der Waals surface area (Å²) in [4.78, 5) is 4.32. The zero-order valence-electron chi connectivity index (χ0n) is 14.0. The third-order valence-electron chi connectivity index (χ3n) is 4.52. The van der Waals surface area contributed by atoms with Gasteiger partial charge in [0.25, 0.3) is 0 Å². The van der Waals surface area contributed by atoms with Gasteiger partial charge in [-0.25, -0.2) is 13.1 Å². The summed E-state index contributed by atoms with van der Waals surface area (Å²) in [5, 5.41) is 8.29. The smallest absolute Gasteiger partial charge is 0.211 e. The number of sulfonamides is 1. The molecule has 1 unspecified atom stereocenters. The maximum atomic E-state index is 12.0. The van der Waals surface area contributed by atoms with Gasteiger partial charge in [0.1, 0.15) is 5.15 Å². The van der Waals surface area contributed by atoms with E-state index < -0.39 is 16.1 Å². The number of halogens is 1. The standard InChI is InChI=1S/C17H17ClN4O3S/c1-2-26(23,24)22-16-9-25-8-14-12(6-19-7-13(14)16)10-3-4-11-15(5-10)20-21-17(11)18/h3-7,16,22H,2,8-9H2,1H3,(H,20,21). The molecule has 26 heavy (non-hydrogen) atoms. The average Bonchev–Trinajstić information content (AvgIpc) is 3.02. The van der Waals surface area contributed by atoms with E-state index in [0.29, 0.717) is 11.8 Å². The predicted octanol–water partition coefficient (Wildman–Crippen LogP) is 2.79. The van der Waals surface area contributed by atoms with Crippen molar-refractivity contribution in [3.8, 4) is 11.1 Å². The van der Waals surface area contributed by atoms with E-state index in [-0.39, 0.29) is 12.4 Å². The number of aromatic amines is 1. The molecule has 1 aliphatic heterocycles. The van der Waals surface area contributed by atoms with Gasteiger partial charge in [-0.05, 0) is 35.7 Å². The Hall–Kier alpha value is -2.00. The Morgan fingerprint density at radius 2 is 2.23 bits per heavy atom. The molecule has 2 N–H and O–H groups in total. The summed E-state index contributed by atoms with van der Waals surface area (Å²) < 4.78 is 32.3. The SMILES string of the molecule is CCS(=O)(=O)NC1COCc2c(-c3ccc4c(Cl)[nH]nc4c3)cncc21. The number of benzene rings is 1. The second-order valence-electron chi connectivity index (χ2n) is 6.11. The zero-order chi connectivity index (χ0) is 18.3. The highest BCUT2D eigenvalue weighted by Gasteiger charge is 2.27. The van der Waals surface area contributed by atoms with Crippen molar-refractivity contribution in [3.63, 3.8) is 0 Å². The van der Waals surface area contributed by atoms with Crippen LogP contribution in [0.3, 0.4) is 0 Å². The molecule has 0 saturated carbocycles. The van der Waals surface area contributed by atoms with Crippen molar-refractivity contribution in [3.05, 3.63) is 46.9 Å². The van der Waals surface area contributed by atoms with Crippen molar-refractivity contribution in [2.45, 2.75) is 19.6 Å².